The Kier molecular flexibility index (Phi) is 7.45. The maximum Gasteiger partial charge on any atom is 0.155 e. The van der Waals surface area contributed by atoms with Gasteiger partial charge in [0.25, 0.3) is 0 Å². The summed E-state index contributed by atoms with van der Waals surface area (Å²) >= 11 is -1.09. The first kappa shape index (κ1) is 27.1. The SMILES string of the molecule is C[C@@H]1CC2=CC(=O)CCC2C2CCC3(CCOc4cccc(C[S+]([O-])c5ccccc5)c4)C(CC[C@]3(C)O)C21. The third-order valence-electron chi connectivity index (χ3n) is 10.9. The van der Waals surface area contributed by atoms with Crippen LogP contribution in [0.15, 0.2) is 71.1 Å². The second-order valence-electron chi connectivity index (χ2n) is 12.9. The van der Waals surface area contributed by atoms with Crippen LogP contribution in [0, 0.1) is 35.0 Å². The Bertz CT molecular complexity index is 1220. The summed E-state index contributed by atoms with van der Waals surface area (Å²) in [4.78, 5) is 13.0. The monoisotopic (exact) mass is 546 g/mol. The zero-order valence-corrected chi connectivity index (χ0v) is 24.1. The van der Waals surface area contributed by atoms with E-state index in [2.05, 4.69) is 13.8 Å². The first-order chi connectivity index (χ1) is 18.8. The van der Waals surface area contributed by atoms with Crippen LogP contribution < -0.4 is 4.74 Å². The average Bonchev–Trinajstić information content (AvgIpc) is 3.19. The Labute approximate surface area is 236 Å². The van der Waals surface area contributed by atoms with Gasteiger partial charge in [-0.3, -0.25) is 4.79 Å². The van der Waals surface area contributed by atoms with E-state index in [1.165, 1.54) is 5.57 Å². The van der Waals surface area contributed by atoms with Crippen LogP contribution in [-0.4, -0.2) is 27.7 Å². The fourth-order valence-corrected chi connectivity index (χ4v) is 10.2. The molecule has 5 heteroatoms. The lowest BCUT2D eigenvalue weighted by atomic mass is 9.47. The van der Waals surface area contributed by atoms with Crippen molar-refractivity contribution in [1.29, 1.82) is 0 Å². The molecule has 4 aliphatic rings. The minimum atomic E-state index is -1.09. The van der Waals surface area contributed by atoms with Gasteiger partial charge in [-0.15, -0.1) is 0 Å². The summed E-state index contributed by atoms with van der Waals surface area (Å²) in [6.45, 7) is 5.04. The van der Waals surface area contributed by atoms with Crippen LogP contribution in [0.25, 0.3) is 0 Å². The lowest BCUT2D eigenvalue weighted by Gasteiger charge is -2.58. The maximum atomic E-state index is 12.8. The highest BCUT2D eigenvalue weighted by Gasteiger charge is 2.63. The van der Waals surface area contributed by atoms with E-state index in [0.29, 0.717) is 54.2 Å². The van der Waals surface area contributed by atoms with Crippen molar-refractivity contribution in [2.75, 3.05) is 6.61 Å². The third-order valence-corrected chi connectivity index (χ3v) is 12.3. The molecule has 2 aromatic carbocycles. The van der Waals surface area contributed by atoms with Gasteiger partial charge in [0, 0.05) is 17.4 Å². The van der Waals surface area contributed by atoms with Gasteiger partial charge in [-0.05, 0) is 123 Å². The molecular weight excluding hydrogens is 504 g/mol. The largest absolute Gasteiger partial charge is 0.611 e. The predicted octanol–water partition coefficient (Wildman–Crippen LogP) is 6.88. The lowest BCUT2D eigenvalue weighted by molar-refractivity contribution is -0.136. The van der Waals surface area contributed by atoms with Crippen LogP contribution in [-0.2, 0) is 21.7 Å². The number of ether oxygens (including phenoxy) is 1. The number of rotatable bonds is 7. The van der Waals surface area contributed by atoms with Crippen LogP contribution in [0.4, 0.5) is 0 Å². The predicted molar refractivity (Wildman–Crippen MR) is 155 cm³/mol. The van der Waals surface area contributed by atoms with Crippen LogP contribution >= 0.6 is 0 Å². The number of allylic oxidation sites excluding steroid dienone is 1. The zero-order chi connectivity index (χ0) is 27.2. The van der Waals surface area contributed by atoms with Crippen LogP contribution in [0.1, 0.15) is 70.8 Å². The van der Waals surface area contributed by atoms with Crippen molar-refractivity contribution in [2.45, 2.75) is 81.5 Å². The molecule has 0 amide bonds. The molecule has 0 heterocycles. The second-order valence-corrected chi connectivity index (χ2v) is 14.4. The van der Waals surface area contributed by atoms with E-state index >= 15 is 0 Å². The molecule has 8 atom stereocenters. The molecule has 3 saturated carbocycles. The minimum Gasteiger partial charge on any atom is -0.611 e. The number of fused-ring (bicyclic) bond motifs is 5. The van der Waals surface area contributed by atoms with Crippen molar-refractivity contribution < 1.29 is 19.2 Å². The smallest absolute Gasteiger partial charge is 0.155 e. The summed E-state index contributed by atoms with van der Waals surface area (Å²) < 4.78 is 19.1. The van der Waals surface area contributed by atoms with E-state index in [1.807, 2.05) is 60.7 Å². The van der Waals surface area contributed by atoms with Crippen LogP contribution in [0.5, 0.6) is 5.75 Å². The van der Waals surface area contributed by atoms with Crippen LogP contribution in [0.3, 0.4) is 0 Å². The van der Waals surface area contributed by atoms with Crippen molar-refractivity contribution in [3.8, 4) is 5.75 Å². The molecule has 0 saturated heterocycles. The van der Waals surface area contributed by atoms with Gasteiger partial charge < -0.3 is 14.4 Å². The average molecular weight is 547 g/mol. The third kappa shape index (κ3) is 5.00. The normalized spacial score (nSPS) is 36.4. The number of hydrogen-bond acceptors (Lipinski definition) is 4. The highest BCUT2D eigenvalue weighted by Crippen LogP contribution is 2.67. The van der Waals surface area contributed by atoms with Gasteiger partial charge in [0.15, 0.2) is 10.7 Å². The maximum absolute atomic E-state index is 12.8. The van der Waals surface area contributed by atoms with E-state index in [4.69, 9.17) is 4.74 Å². The first-order valence-electron chi connectivity index (χ1n) is 14.9. The van der Waals surface area contributed by atoms with E-state index in [-0.39, 0.29) is 5.41 Å². The van der Waals surface area contributed by atoms with Crippen molar-refractivity contribution in [2.24, 2.45) is 35.0 Å². The molecule has 0 radical (unpaired) electrons. The van der Waals surface area contributed by atoms with Crippen LogP contribution in [0.2, 0.25) is 0 Å². The molecule has 0 spiro atoms. The molecule has 3 fully saturated rings. The van der Waals surface area contributed by atoms with E-state index in [9.17, 15) is 14.5 Å². The van der Waals surface area contributed by atoms with Gasteiger partial charge in [-0.1, -0.05) is 42.8 Å². The fourth-order valence-electron chi connectivity index (χ4n) is 9.12. The second kappa shape index (κ2) is 10.7. The summed E-state index contributed by atoms with van der Waals surface area (Å²) in [6.07, 6.45) is 9.71. The Morgan fingerprint density at radius 2 is 1.90 bits per heavy atom. The number of hydrogen-bond donors (Lipinski definition) is 1. The summed E-state index contributed by atoms with van der Waals surface area (Å²) in [7, 11) is 0. The molecule has 208 valence electrons. The number of benzene rings is 2. The van der Waals surface area contributed by atoms with Crippen molar-refractivity contribution in [1.82, 2.24) is 0 Å². The van der Waals surface area contributed by atoms with Crippen molar-refractivity contribution in [3.63, 3.8) is 0 Å². The summed E-state index contributed by atoms with van der Waals surface area (Å²) in [6, 6.07) is 17.6. The Morgan fingerprint density at radius 1 is 1.08 bits per heavy atom. The zero-order valence-electron chi connectivity index (χ0n) is 23.3. The number of carbonyl (C=O) groups is 1. The molecule has 4 nitrogen and oxygen atoms in total. The molecule has 1 N–H and O–H groups in total. The molecule has 0 aromatic heterocycles. The molecule has 0 aliphatic heterocycles. The number of ketones is 1. The lowest BCUT2D eigenvalue weighted by Crippen LogP contribution is -2.55. The van der Waals surface area contributed by atoms with Gasteiger partial charge in [0.1, 0.15) is 11.5 Å². The summed E-state index contributed by atoms with van der Waals surface area (Å²) in [5, 5.41) is 11.8. The van der Waals surface area contributed by atoms with E-state index in [1.54, 1.807) is 0 Å². The Morgan fingerprint density at radius 3 is 2.72 bits per heavy atom. The standard InChI is InChI=1S/C34H42O4S/c1-23-19-25-21-26(35)11-12-29(25)30-13-16-34(31(32(23)30)14-15-33(34,2)36)17-18-38-27-8-6-7-24(20-27)22-39(37)28-9-4-3-5-10-28/h3-10,20-21,23,29-32,36H,11-19,22H2,1-2H3/t23-,29?,30?,31?,32?,33+,34?,39?/m1/s1. The first-order valence-corrected chi connectivity index (χ1v) is 16.2. The summed E-state index contributed by atoms with van der Waals surface area (Å²) in [5.74, 6) is 4.45. The number of carbonyl (C=O) groups excluding carboxylic acids is 1. The number of aliphatic hydroxyl groups is 1. The molecule has 39 heavy (non-hydrogen) atoms. The van der Waals surface area contributed by atoms with E-state index in [0.717, 1.165) is 61.2 Å². The van der Waals surface area contributed by atoms with E-state index < -0.39 is 16.8 Å². The van der Waals surface area contributed by atoms with Gasteiger partial charge in [-0.2, -0.15) is 0 Å². The molecule has 6 rings (SSSR count). The summed E-state index contributed by atoms with van der Waals surface area (Å²) in [5.41, 5.74) is 1.61. The topological polar surface area (TPSA) is 69.6 Å². The van der Waals surface area contributed by atoms with Gasteiger partial charge in [0.05, 0.1) is 12.2 Å². The molecular formula is C34H42O4S. The highest BCUT2D eigenvalue weighted by molar-refractivity contribution is 7.90. The van der Waals surface area contributed by atoms with Gasteiger partial charge in [0.2, 0.25) is 0 Å². The molecule has 6 unspecified atom stereocenters. The highest BCUT2D eigenvalue weighted by atomic mass is 32.2. The molecule has 2 aromatic rings. The Balaban J connectivity index is 1.15. The van der Waals surface area contributed by atoms with Gasteiger partial charge >= 0.3 is 0 Å². The fraction of sp³-hybridized carbons (Fsp3) is 0.559. The molecule has 0 bridgehead atoms. The molecule has 4 aliphatic carbocycles. The minimum absolute atomic E-state index is 0.124. The Hall–Kier alpha value is -2.08. The van der Waals surface area contributed by atoms with Crippen molar-refractivity contribution in [3.05, 3.63) is 71.8 Å². The quantitative estimate of drug-likeness (QED) is 0.384. The van der Waals surface area contributed by atoms with Gasteiger partial charge in [-0.25, -0.2) is 0 Å². The van der Waals surface area contributed by atoms with Crippen molar-refractivity contribution >= 4 is 17.0 Å².